The fourth-order valence-electron chi connectivity index (χ4n) is 1.17. The maximum atomic E-state index is 10.4. The Labute approximate surface area is 57.0 Å². The van der Waals surface area contributed by atoms with Crippen molar-refractivity contribution in [3.8, 4) is 0 Å². The molecule has 1 aliphatic heterocycles. The topological polar surface area (TPSA) is 43.1 Å². The molecule has 3 heteroatoms. The zero-order chi connectivity index (χ0) is 6.69. The number of carbonyl (C=O) groups is 1. The van der Waals surface area contributed by atoms with Crippen molar-refractivity contribution in [2.75, 3.05) is 12.3 Å². The molecule has 0 bridgehead atoms. The number of nitrogens with two attached hydrogens (primary N) is 1. The molecule has 0 saturated carbocycles. The van der Waals surface area contributed by atoms with Crippen molar-refractivity contribution >= 4 is 14.5 Å². The standard InChI is InChI=1S/C6H12NOP/c7-6(8)3-5-1-2-9-4-5/h5,9H,1-4H2,(H2,7,8). The summed E-state index contributed by atoms with van der Waals surface area (Å²) in [7, 11) is 1.08. The Morgan fingerprint density at radius 3 is 3.00 bits per heavy atom. The van der Waals surface area contributed by atoms with Gasteiger partial charge in [-0.1, -0.05) is 0 Å². The smallest absolute Gasteiger partial charge is 0.217 e. The van der Waals surface area contributed by atoms with Crippen LogP contribution >= 0.6 is 8.58 Å². The van der Waals surface area contributed by atoms with Gasteiger partial charge in [-0.25, -0.2) is 0 Å². The Kier molecular flexibility index (Phi) is 2.47. The van der Waals surface area contributed by atoms with Gasteiger partial charge in [-0.15, -0.1) is 8.58 Å². The first-order chi connectivity index (χ1) is 4.29. The third kappa shape index (κ3) is 2.31. The van der Waals surface area contributed by atoms with E-state index in [1.54, 1.807) is 0 Å². The Balaban J connectivity index is 2.19. The number of primary amides is 1. The van der Waals surface area contributed by atoms with E-state index in [1.807, 2.05) is 0 Å². The number of hydrogen-bond acceptors (Lipinski definition) is 1. The van der Waals surface area contributed by atoms with Gasteiger partial charge in [0.1, 0.15) is 0 Å². The van der Waals surface area contributed by atoms with Gasteiger partial charge in [0.05, 0.1) is 0 Å². The Morgan fingerprint density at radius 1 is 1.78 bits per heavy atom. The van der Waals surface area contributed by atoms with Gasteiger partial charge in [0, 0.05) is 6.42 Å². The summed E-state index contributed by atoms with van der Waals surface area (Å²) in [4.78, 5) is 10.4. The number of hydrogen-bond donors (Lipinski definition) is 1. The second-order valence-corrected chi connectivity index (χ2v) is 3.94. The molecule has 1 heterocycles. The molecule has 2 N–H and O–H groups in total. The van der Waals surface area contributed by atoms with Crippen LogP contribution in [0.25, 0.3) is 0 Å². The average Bonchev–Trinajstić information content (AvgIpc) is 2.15. The minimum Gasteiger partial charge on any atom is -0.370 e. The van der Waals surface area contributed by atoms with Crippen molar-refractivity contribution in [1.82, 2.24) is 0 Å². The molecule has 0 aromatic heterocycles. The summed E-state index contributed by atoms with van der Waals surface area (Å²) in [6.45, 7) is 0. The monoisotopic (exact) mass is 145 g/mol. The maximum Gasteiger partial charge on any atom is 0.217 e. The zero-order valence-corrected chi connectivity index (χ0v) is 6.39. The van der Waals surface area contributed by atoms with Gasteiger partial charge in [0.25, 0.3) is 0 Å². The molecule has 1 rings (SSSR count). The first-order valence-electron chi connectivity index (χ1n) is 3.28. The van der Waals surface area contributed by atoms with E-state index in [9.17, 15) is 4.79 Å². The molecule has 0 aliphatic carbocycles. The fourth-order valence-corrected chi connectivity index (χ4v) is 2.75. The van der Waals surface area contributed by atoms with Crippen LogP contribution in [0.4, 0.5) is 0 Å². The third-order valence-electron chi connectivity index (χ3n) is 1.65. The zero-order valence-electron chi connectivity index (χ0n) is 5.39. The van der Waals surface area contributed by atoms with Crippen LogP contribution in [0.1, 0.15) is 12.8 Å². The quantitative estimate of drug-likeness (QED) is 0.567. The van der Waals surface area contributed by atoms with Gasteiger partial charge in [-0.3, -0.25) is 4.79 Å². The molecule has 0 radical (unpaired) electrons. The fraction of sp³-hybridized carbons (Fsp3) is 0.833. The van der Waals surface area contributed by atoms with Gasteiger partial charge in [0.15, 0.2) is 0 Å². The predicted molar refractivity (Wildman–Crippen MR) is 40.0 cm³/mol. The van der Waals surface area contributed by atoms with E-state index in [0.717, 1.165) is 8.58 Å². The minimum atomic E-state index is -0.133. The summed E-state index contributed by atoms with van der Waals surface area (Å²) < 4.78 is 0. The van der Waals surface area contributed by atoms with E-state index >= 15 is 0 Å². The average molecular weight is 145 g/mol. The summed E-state index contributed by atoms with van der Waals surface area (Å²) in [6, 6.07) is 0. The molecule has 0 spiro atoms. The van der Waals surface area contributed by atoms with Crippen molar-refractivity contribution in [2.45, 2.75) is 12.8 Å². The highest BCUT2D eigenvalue weighted by atomic mass is 31.1. The first-order valence-corrected chi connectivity index (χ1v) is 4.69. The molecular formula is C6H12NOP. The molecule has 2 nitrogen and oxygen atoms in total. The molecule has 2 unspecified atom stereocenters. The van der Waals surface area contributed by atoms with Crippen LogP contribution in [-0.4, -0.2) is 18.2 Å². The summed E-state index contributed by atoms with van der Waals surface area (Å²) in [5, 5.41) is 0. The van der Waals surface area contributed by atoms with E-state index in [4.69, 9.17) is 5.73 Å². The van der Waals surface area contributed by atoms with Crippen LogP contribution < -0.4 is 5.73 Å². The van der Waals surface area contributed by atoms with Crippen LogP contribution in [0.3, 0.4) is 0 Å². The van der Waals surface area contributed by atoms with Crippen molar-refractivity contribution in [3.63, 3.8) is 0 Å². The second kappa shape index (κ2) is 3.17. The molecule has 0 aromatic carbocycles. The molecule has 1 fully saturated rings. The second-order valence-electron chi connectivity index (χ2n) is 2.53. The predicted octanol–water partition coefficient (Wildman–Crippen LogP) is 0.560. The molecule has 0 aromatic rings. The van der Waals surface area contributed by atoms with Gasteiger partial charge >= 0.3 is 0 Å². The van der Waals surface area contributed by atoms with E-state index in [-0.39, 0.29) is 5.91 Å². The van der Waals surface area contributed by atoms with E-state index in [1.165, 1.54) is 18.7 Å². The highest BCUT2D eigenvalue weighted by molar-refractivity contribution is 7.38. The van der Waals surface area contributed by atoms with Crippen molar-refractivity contribution in [2.24, 2.45) is 11.7 Å². The van der Waals surface area contributed by atoms with Crippen LogP contribution in [0.2, 0.25) is 0 Å². The summed E-state index contributed by atoms with van der Waals surface area (Å²) in [6.07, 6.45) is 4.40. The molecule has 2 atom stereocenters. The number of rotatable bonds is 2. The molecule has 1 aliphatic rings. The molecular weight excluding hydrogens is 133 g/mol. The van der Waals surface area contributed by atoms with Gasteiger partial charge in [0.2, 0.25) is 5.91 Å². The lowest BCUT2D eigenvalue weighted by molar-refractivity contribution is -0.118. The van der Waals surface area contributed by atoms with Gasteiger partial charge in [-0.05, 0) is 24.7 Å². The minimum absolute atomic E-state index is 0.133. The Morgan fingerprint density at radius 2 is 2.56 bits per heavy atom. The van der Waals surface area contributed by atoms with Crippen molar-refractivity contribution in [3.05, 3.63) is 0 Å². The van der Waals surface area contributed by atoms with Crippen LogP contribution in [0, 0.1) is 5.92 Å². The lowest BCUT2D eigenvalue weighted by Crippen LogP contribution is -2.15. The van der Waals surface area contributed by atoms with E-state index < -0.39 is 0 Å². The van der Waals surface area contributed by atoms with E-state index in [0.29, 0.717) is 12.3 Å². The molecule has 9 heavy (non-hydrogen) atoms. The highest BCUT2D eigenvalue weighted by Gasteiger charge is 2.16. The number of amides is 1. The van der Waals surface area contributed by atoms with Crippen molar-refractivity contribution < 1.29 is 4.79 Å². The maximum absolute atomic E-state index is 10.4. The van der Waals surface area contributed by atoms with Crippen LogP contribution in [0.15, 0.2) is 0 Å². The number of carbonyl (C=O) groups excluding carboxylic acids is 1. The van der Waals surface area contributed by atoms with Crippen LogP contribution in [-0.2, 0) is 4.79 Å². The van der Waals surface area contributed by atoms with Crippen molar-refractivity contribution in [1.29, 1.82) is 0 Å². The van der Waals surface area contributed by atoms with Crippen LogP contribution in [0.5, 0.6) is 0 Å². The van der Waals surface area contributed by atoms with Gasteiger partial charge < -0.3 is 5.73 Å². The third-order valence-corrected chi connectivity index (χ3v) is 3.16. The SMILES string of the molecule is NC(=O)CC1CCPC1. The molecule has 1 amide bonds. The lowest BCUT2D eigenvalue weighted by atomic mass is 10.1. The highest BCUT2D eigenvalue weighted by Crippen LogP contribution is 2.30. The summed E-state index contributed by atoms with van der Waals surface area (Å²) in [5.74, 6) is 0.493. The normalized spacial score (nSPS) is 29.1. The molecule has 52 valence electrons. The largest absolute Gasteiger partial charge is 0.370 e. The summed E-state index contributed by atoms with van der Waals surface area (Å²) >= 11 is 0. The summed E-state index contributed by atoms with van der Waals surface area (Å²) in [5.41, 5.74) is 5.04. The lowest BCUT2D eigenvalue weighted by Gasteiger charge is -2.02. The van der Waals surface area contributed by atoms with E-state index in [2.05, 4.69) is 0 Å². The Bertz CT molecular complexity index is 110. The molecule has 1 saturated heterocycles. The first kappa shape index (κ1) is 7.01. The van der Waals surface area contributed by atoms with Gasteiger partial charge in [-0.2, -0.15) is 0 Å². The Hall–Kier alpha value is -0.100.